The molecular formula is C25H48N2O4. The molecule has 0 aliphatic heterocycles. The molecular weight excluding hydrogens is 392 g/mol. The van der Waals surface area contributed by atoms with Crippen molar-refractivity contribution in [1.82, 2.24) is 10.6 Å². The third-order valence-electron chi connectivity index (χ3n) is 5.71. The second-order valence-electron chi connectivity index (χ2n) is 8.72. The largest absolute Gasteiger partial charge is 0.480 e. The summed E-state index contributed by atoms with van der Waals surface area (Å²) in [5, 5.41) is 23.8. The van der Waals surface area contributed by atoms with Crippen LogP contribution >= 0.6 is 0 Å². The summed E-state index contributed by atoms with van der Waals surface area (Å²) in [4.78, 5) is 23.3. The summed E-state index contributed by atoms with van der Waals surface area (Å²) in [5.74, 6) is -1.00. The van der Waals surface area contributed by atoms with Crippen molar-refractivity contribution in [3.8, 4) is 0 Å². The van der Waals surface area contributed by atoms with Gasteiger partial charge in [-0.3, -0.25) is 14.9 Å². The van der Waals surface area contributed by atoms with Crippen LogP contribution in [0.1, 0.15) is 110 Å². The number of β-amino-alcohol motifs (C(OH)–C–C–N with tert-alkyl or cyclic N) is 1. The van der Waals surface area contributed by atoms with Crippen LogP contribution in [-0.2, 0) is 9.59 Å². The van der Waals surface area contributed by atoms with Crippen molar-refractivity contribution in [3.63, 3.8) is 0 Å². The summed E-state index contributed by atoms with van der Waals surface area (Å²) >= 11 is 0. The fraction of sp³-hybridized carbons (Fsp3) is 0.840. The molecule has 31 heavy (non-hydrogen) atoms. The molecule has 6 nitrogen and oxygen atoms in total. The van der Waals surface area contributed by atoms with Gasteiger partial charge in [-0.2, -0.15) is 0 Å². The number of hydrogen-bond donors (Lipinski definition) is 4. The summed E-state index contributed by atoms with van der Waals surface area (Å²) in [7, 11) is 0. The Balaban J connectivity index is 3.55. The van der Waals surface area contributed by atoms with Crippen LogP contribution in [0.5, 0.6) is 0 Å². The first-order valence-corrected chi connectivity index (χ1v) is 12.5. The minimum Gasteiger partial charge on any atom is -0.480 e. The molecule has 1 amide bonds. The van der Waals surface area contributed by atoms with Gasteiger partial charge in [-0.1, -0.05) is 70.4 Å². The van der Waals surface area contributed by atoms with E-state index in [4.69, 9.17) is 5.11 Å². The molecule has 0 bridgehead atoms. The average molecular weight is 441 g/mol. The summed E-state index contributed by atoms with van der Waals surface area (Å²) in [6.07, 6.45) is 21.4. The number of unbranched alkanes of at least 4 members (excludes halogenated alkanes) is 11. The predicted molar refractivity (Wildman–Crippen MR) is 128 cm³/mol. The minimum atomic E-state index is -1.14. The number of carbonyl (C=O) groups is 2. The van der Waals surface area contributed by atoms with E-state index in [2.05, 4.69) is 29.7 Å². The quantitative estimate of drug-likeness (QED) is 0.141. The molecule has 1 atom stereocenters. The number of nitrogens with one attached hydrogen (secondary N) is 2. The van der Waals surface area contributed by atoms with E-state index in [0.29, 0.717) is 13.0 Å². The highest BCUT2D eigenvalue weighted by atomic mass is 16.4. The second kappa shape index (κ2) is 20.5. The molecule has 0 saturated heterocycles. The zero-order chi connectivity index (χ0) is 23.2. The highest BCUT2D eigenvalue weighted by molar-refractivity contribution is 5.79. The van der Waals surface area contributed by atoms with Crippen LogP contribution < -0.4 is 10.6 Å². The van der Waals surface area contributed by atoms with Crippen molar-refractivity contribution in [3.05, 3.63) is 12.2 Å². The molecule has 0 fully saturated rings. The van der Waals surface area contributed by atoms with E-state index in [0.717, 1.165) is 25.7 Å². The lowest BCUT2D eigenvalue weighted by Crippen LogP contribution is -2.52. The monoisotopic (exact) mass is 440 g/mol. The number of rotatable bonds is 22. The molecule has 0 aromatic rings. The first-order chi connectivity index (χ1) is 15.0. The lowest BCUT2D eigenvalue weighted by atomic mass is 9.98. The molecule has 0 rings (SSSR count). The molecule has 182 valence electrons. The van der Waals surface area contributed by atoms with Crippen molar-refractivity contribution >= 4 is 11.9 Å². The van der Waals surface area contributed by atoms with Crippen LogP contribution in [0, 0.1) is 0 Å². The lowest BCUT2D eigenvalue weighted by Gasteiger charge is -2.26. The van der Waals surface area contributed by atoms with Gasteiger partial charge >= 0.3 is 5.97 Å². The van der Waals surface area contributed by atoms with Crippen LogP contribution in [0.4, 0.5) is 0 Å². The Kier molecular flexibility index (Phi) is 19.6. The number of aliphatic hydroxyl groups is 1. The molecule has 0 aliphatic rings. The normalized spacial score (nSPS) is 13.4. The van der Waals surface area contributed by atoms with Crippen molar-refractivity contribution in [2.75, 3.05) is 19.7 Å². The summed E-state index contributed by atoms with van der Waals surface area (Å²) in [6, 6.07) is 0. The zero-order valence-corrected chi connectivity index (χ0v) is 20.1. The van der Waals surface area contributed by atoms with Crippen molar-refractivity contribution < 1.29 is 19.8 Å². The van der Waals surface area contributed by atoms with E-state index in [1.54, 1.807) is 6.92 Å². The second-order valence-corrected chi connectivity index (χ2v) is 8.72. The Morgan fingerprint density at radius 3 is 1.94 bits per heavy atom. The van der Waals surface area contributed by atoms with Gasteiger partial charge in [0, 0.05) is 19.5 Å². The molecule has 0 saturated carbocycles. The van der Waals surface area contributed by atoms with Gasteiger partial charge in [-0.05, 0) is 45.4 Å². The molecule has 0 aromatic carbocycles. The predicted octanol–water partition coefficient (Wildman–Crippen LogP) is 4.96. The first-order valence-electron chi connectivity index (χ1n) is 12.5. The number of aliphatic carboxylic acids is 1. The molecule has 0 spiro atoms. The minimum absolute atomic E-state index is 0.0208. The van der Waals surface area contributed by atoms with Crippen molar-refractivity contribution in [2.45, 2.75) is 116 Å². The Hall–Kier alpha value is -1.40. The van der Waals surface area contributed by atoms with Crippen molar-refractivity contribution in [2.24, 2.45) is 0 Å². The molecule has 0 heterocycles. The van der Waals surface area contributed by atoms with Gasteiger partial charge in [0.1, 0.15) is 5.54 Å². The van der Waals surface area contributed by atoms with E-state index in [1.165, 1.54) is 57.8 Å². The van der Waals surface area contributed by atoms with Gasteiger partial charge in [-0.15, -0.1) is 0 Å². The molecule has 6 heteroatoms. The van der Waals surface area contributed by atoms with E-state index in [-0.39, 0.29) is 25.5 Å². The maximum atomic E-state index is 11.9. The standard InChI is InChI=1S/C25H48N2O4/c1-3-4-5-6-7-8-9-10-11-12-13-14-15-16-17-18-23(29)26-20-19-25(2,24(30)31)27-21-22-28/h10-11,27-28H,3-9,12-22H2,1-2H3,(H,26,29)(H,30,31)/b11-10-. The van der Waals surface area contributed by atoms with Crippen LogP contribution in [0.15, 0.2) is 12.2 Å². The summed E-state index contributed by atoms with van der Waals surface area (Å²) < 4.78 is 0. The Bertz CT molecular complexity index is 482. The van der Waals surface area contributed by atoms with Crippen LogP contribution in [0.3, 0.4) is 0 Å². The average Bonchev–Trinajstić information content (AvgIpc) is 2.74. The highest BCUT2D eigenvalue weighted by Crippen LogP contribution is 2.11. The SMILES string of the molecule is CCCCCCCC/C=C\CCCCCCCC(=O)NCCC(C)(NCCO)C(=O)O. The molecule has 0 aliphatic carbocycles. The van der Waals surface area contributed by atoms with Gasteiger partial charge in [0.2, 0.25) is 5.91 Å². The maximum absolute atomic E-state index is 11.9. The number of carbonyl (C=O) groups excluding carboxylic acids is 1. The Morgan fingerprint density at radius 2 is 1.39 bits per heavy atom. The Labute approximate surface area is 190 Å². The fourth-order valence-corrected chi connectivity index (χ4v) is 3.50. The number of carboxylic acid groups (broad SMARTS) is 1. The first kappa shape index (κ1) is 29.6. The van der Waals surface area contributed by atoms with Gasteiger partial charge in [0.15, 0.2) is 0 Å². The smallest absolute Gasteiger partial charge is 0.323 e. The molecule has 4 N–H and O–H groups in total. The number of carboxylic acids is 1. The van der Waals surface area contributed by atoms with E-state index in [1.807, 2.05) is 0 Å². The highest BCUT2D eigenvalue weighted by Gasteiger charge is 2.31. The van der Waals surface area contributed by atoms with Crippen molar-refractivity contribution in [1.29, 1.82) is 0 Å². The lowest BCUT2D eigenvalue weighted by molar-refractivity contribution is -0.144. The summed E-state index contributed by atoms with van der Waals surface area (Å²) in [6.45, 7) is 4.23. The molecule has 0 radical (unpaired) electrons. The summed E-state index contributed by atoms with van der Waals surface area (Å²) in [5.41, 5.74) is -1.14. The van der Waals surface area contributed by atoms with Gasteiger partial charge in [-0.25, -0.2) is 0 Å². The van der Waals surface area contributed by atoms with E-state index < -0.39 is 11.5 Å². The third kappa shape index (κ3) is 17.9. The number of allylic oxidation sites excluding steroid dienone is 2. The van der Waals surface area contributed by atoms with E-state index in [9.17, 15) is 14.7 Å². The van der Waals surface area contributed by atoms with Crippen LogP contribution in [0.2, 0.25) is 0 Å². The number of aliphatic hydroxyl groups excluding tert-OH is 1. The van der Waals surface area contributed by atoms with Gasteiger partial charge in [0.25, 0.3) is 0 Å². The molecule has 1 unspecified atom stereocenters. The van der Waals surface area contributed by atoms with Gasteiger partial charge < -0.3 is 15.5 Å². The van der Waals surface area contributed by atoms with E-state index >= 15 is 0 Å². The Morgan fingerprint density at radius 1 is 0.839 bits per heavy atom. The van der Waals surface area contributed by atoms with Gasteiger partial charge in [0.05, 0.1) is 6.61 Å². The topological polar surface area (TPSA) is 98.7 Å². The number of amides is 1. The maximum Gasteiger partial charge on any atom is 0.323 e. The fourth-order valence-electron chi connectivity index (χ4n) is 3.50. The van der Waals surface area contributed by atoms with Crippen LogP contribution in [0.25, 0.3) is 0 Å². The number of hydrogen-bond acceptors (Lipinski definition) is 4. The molecule has 0 aromatic heterocycles. The van der Waals surface area contributed by atoms with Crippen LogP contribution in [-0.4, -0.2) is 47.3 Å². The zero-order valence-electron chi connectivity index (χ0n) is 20.1. The third-order valence-corrected chi connectivity index (χ3v) is 5.71.